The largest absolute Gasteiger partial charge is 0.329 e. The first-order chi connectivity index (χ1) is 7.77. The van der Waals surface area contributed by atoms with E-state index in [1.807, 2.05) is 0 Å². The van der Waals surface area contributed by atoms with Gasteiger partial charge in [0.1, 0.15) is 4.90 Å². The Hall–Kier alpha value is 0.150. The van der Waals surface area contributed by atoms with Crippen LogP contribution in [0.2, 0.25) is 10.0 Å². The Morgan fingerprint density at radius 1 is 1.41 bits per heavy atom. The van der Waals surface area contributed by atoms with Crippen molar-refractivity contribution in [3.63, 3.8) is 0 Å². The molecule has 0 fully saturated rings. The van der Waals surface area contributed by atoms with Gasteiger partial charge in [-0.3, -0.25) is 0 Å². The summed E-state index contributed by atoms with van der Waals surface area (Å²) < 4.78 is 27.0. The lowest BCUT2D eigenvalue weighted by Gasteiger charge is -2.14. The molecular weight excluding hydrogens is 351 g/mol. The monoisotopic (exact) mass is 360 g/mol. The van der Waals surface area contributed by atoms with Crippen LogP contribution in [0.4, 0.5) is 0 Å². The molecule has 0 aliphatic heterocycles. The van der Waals surface area contributed by atoms with Gasteiger partial charge in [0.15, 0.2) is 0 Å². The molecule has 1 aromatic carbocycles. The Bertz CT molecular complexity index is 499. The summed E-state index contributed by atoms with van der Waals surface area (Å²) in [6.07, 6.45) is 0. The summed E-state index contributed by atoms with van der Waals surface area (Å²) in [5.74, 6) is 0. The Morgan fingerprint density at radius 3 is 2.29 bits per heavy atom. The molecule has 0 heterocycles. The molecule has 17 heavy (non-hydrogen) atoms. The first kappa shape index (κ1) is 15.2. The zero-order valence-corrected chi connectivity index (χ0v) is 12.8. The predicted octanol–water partition coefficient (Wildman–Crippen LogP) is 2.38. The molecule has 3 N–H and O–H groups in total. The molecule has 8 heteroatoms. The smallest absolute Gasteiger partial charge is 0.243 e. The average Bonchev–Trinajstić information content (AvgIpc) is 2.14. The standard InChI is InChI=1S/C9H11BrCl2N2O2S/c1-5(4-13)14-17(15,16)9-7(11)2-6(10)3-8(9)12/h2-3,5,14H,4,13H2,1H3/t5-/m1/s1. The zero-order chi connectivity index (χ0) is 13.2. The van der Waals surface area contributed by atoms with E-state index in [0.29, 0.717) is 4.47 Å². The van der Waals surface area contributed by atoms with Crippen molar-refractivity contribution in [2.75, 3.05) is 6.54 Å². The van der Waals surface area contributed by atoms with Gasteiger partial charge in [0.05, 0.1) is 10.0 Å². The van der Waals surface area contributed by atoms with Crippen LogP contribution >= 0.6 is 39.1 Å². The molecule has 0 aliphatic carbocycles. The van der Waals surface area contributed by atoms with Gasteiger partial charge in [0, 0.05) is 17.1 Å². The fourth-order valence-electron chi connectivity index (χ4n) is 1.16. The van der Waals surface area contributed by atoms with Crippen molar-refractivity contribution in [2.45, 2.75) is 17.9 Å². The van der Waals surface area contributed by atoms with Crippen LogP contribution in [0.1, 0.15) is 6.92 Å². The van der Waals surface area contributed by atoms with Gasteiger partial charge in [-0.2, -0.15) is 0 Å². The number of benzene rings is 1. The van der Waals surface area contributed by atoms with Gasteiger partial charge in [-0.1, -0.05) is 39.1 Å². The summed E-state index contributed by atoms with van der Waals surface area (Å²) in [6.45, 7) is 1.84. The third-order valence-corrected chi connectivity index (χ3v) is 4.91. The van der Waals surface area contributed by atoms with Crippen molar-refractivity contribution in [3.8, 4) is 0 Å². The number of rotatable bonds is 4. The Morgan fingerprint density at radius 2 is 1.88 bits per heavy atom. The van der Waals surface area contributed by atoms with Crippen LogP contribution in [0.3, 0.4) is 0 Å². The second-order valence-electron chi connectivity index (χ2n) is 3.46. The van der Waals surface area contributed by atoms with E-state index >= 15 is 0 Å². The SMILES string of the molecule is C[C@H](CN)NS(=O)(=O)c1c(Cl)cc(Br)cc1Cl. The minimum Gasteiger partial charge on any atom is -0.329 e. The van der Waals surface area contributed by atoms with Gasteiger partial charge in [0.2, 0.25) is 10.0 Å². The van der Waals surface area contributed by atoms with E-state index in [9.17, 15) is 8.42 Å². The molecule has 0 radical (unpaired) electrons. The van der Waals surface area contributed by atoms with Crippen LogP contribution in [0, 0.1) is 0 Å². The number of hydrogen-bond acceptors (Lipinski definition) is 3. The number of halogens is 3. The minimum atomic E-state index is -3.76. The predicted molar refractivity (Wildman–Crippen MR) is 73.0 cm³/mol. The van der Waals surface area contributed by atoms with Gasteiger partial charge < -0.3 is 5.73 Å². The van der Waals surface area contributed by atoms with Crippen molar-refractivity contribution in [1.29, 1.82) is 0 Å². The maximum absolute atomic E-state index is 12.0. The fourth-order valence-corrected chi connectivity index (χ4v) is 4.35. The molecule has 0 aromatic heterocycles. The molecule has 0 bridgehead atoms. The molecule has 1 aromatic rings. The third kappa shape index (κ3) is 3.81. The summed E-state index contributed by atoms with van der Waals surface area (Å²) in [7, 11) is -3.76. The number of nitrogens with one attached hydrogen (secondary N) is 1. The molecule has 0 spiro atoms. The fraction of sp³-hybridized carbons (Fsp3) is 0.333. The highest BCUT2D eigenvalue weighted by Crippen LogP contribution is 2.32. The molecule has 0 amide bonds. The summed E-state index contributed by atoms with van der Waals surface area (Å²) in [5.41, 5.74) is 5.36. The summed E-state index contributed by atoms with van der Waals surface area (Å²) in [5, 5.41) is 0.113. The first-order valence-corrected chi connectivity index (χ1v) is 7.68. The van der Waals surface area contributed by atoms with Gasteiger partial charge in [-0.05, 0) is 19.1 Å². The van der Waals surface area contributed by atoms with Crippen molar-refractivity contribution in [1.82, 2.24) is 4.72 Å². The second-order valence-corrected chi connectivity index (χ2v) is 6.84. The van der Waals surface area contributed by atoms with Crippen molar-refractivity contribution < 1.29 is 8.42 Å². The quantitative estimate of drug-likeness (QED) is 0.864. The number of nitrogens with two attached hydrogens (primary N) is 1. The van der Waals surface area contributed by atoms with Crippen LogP contribution in [0.25, 0.3) is 0 Å². The molecular formula is C9H11BrCl2N2O2S. The molecule has 96 valence electrons. The Balaban J connectivity index is 3.25. The summed E-state index contributed by atoms with van der Waals surface area (Å²) in [6, 6.07) is 2.54. The molecule has 4 nitrogen and oxygen atoms in total. The molecule has 0 unspecified atom stereocenters. The van der Waals surface area contributed by atoms with Crippen LogP contribution < -0.4 is 10.5 Å². The second kappa shape index (κ2) is 5.86. The minimum absolute atomic E-state index is 0.0566. The van der Waals surface area contributed by atoms with E-state index in [1.165, 1.54) is 12.1 Å². The summed E-state index contributed by atoms with van der Waals surface area (Å²) >= 11 is 14.9. The van der Waals surface area contributed by atoms with Crippen molar-refractivity contribution in [2.24, 2.45) is 5.73 Å². The van der Waals surface area contributed by atoms with Crippen LogP contribution in [0.15, 0.2) is 21.5 Å². The number of sulfonamides is 1. The van der Waals surface area contributed by atoms with Gasteiger partial charge in [-0.15, -0.1) is 0 Å². The first-order valence-electron chi connectivity index (χ1n) is 4.65. The maximum atomic E-state index is 12.0. The van der Waals surface area contributed by atoms with Crippen LogP contribution in [-0.2, 0) is 10.0 Å². The van der Waals surface area contributed by atoms with E-state index in [4.69, 9.17) is 28.9 Å². The lowest BCUT2D eigenvalue weighted by atomic mass is 10.4. The highest BCUT2D eigenvalue weighted by Gasteiger charge is 2.23. The molecule has 0 saturated heterocycles. The van der Waals surface area contributed by atoms with E-state index in [2.05, 4.69) is 20.7 Å². The third-order valence-electron chi connectivity index (χ3n) is 1.94. The highest BCUT2D eigenvalue weighted by atomic mass is 79.9. The highest BCUT2D eigenvalue weighted by molar-refractivity contribution is 9.10. The van der Waals surface area contributed by atoms with E-state index in [0.717, 1.165) is 0 Å². The molecule has 0 aliphatic rings. The van der Waals surface area contributed by atoms with E-state index in [1.54, 1.807) is 6.92 Å². The molecule has 1 rings (SSSR count). The maximum Gasteiger partial charge on any atom is 0.243 e. The van der Waals surface area contributed by atoms with Gasteiger partial charge in [0.25, 0.3) is 0 Å². The Labute approximate surface area is 119 Å². The lowest BCUT2D eigenvalue weighted by molar-refractivity contribution is 0.563. The van der Waals surface area contributed by atoms with E-state index < -0.39 is 16.1 Å². The van der Waals surface area contributed by atoms with Crippen molar-refractivity contribution in [3.05, 3.63) is 26.7 Å². The Kier molecular flexibility index (Phi) is 5.24. The summed E-state index contributed by atoms with van der Waals surface area (Å²) in [4.78, 5) is -0.135. The normalized spacial score (nSPS) is 13.7. The number of hydrogen-bond donors (Lipinski definition) is 2. The van der Waals surface area contributed by atoms with E-state index in [-0.39, 0.29) is 21.5 Å². The molecule has 0 saturated carbocycles. The lowest BCUT2D eigenvalue weighted by Crippen LogP contribution is -2.38. The topological polar surface area (TPSA) is 72.2 Å². The van der Waals surface area contributed by atoms with Gasteiger partial charge in [-0.25, -0.2) is 13.1 Å². The van der Waals surface area contributed by atoms with Crippen LogP contribution in [0.5, 0.6) is 0 Å². The zero-order valence-electron chi connectivity index (χ0n) is 8.88. The molecule has 1 atom stereocenters. The van der Waals surface area contributed by atoms with Crippen LogP contribution in [-0.4, -0.2) is 21.0 Å². The average molecular weight is 362 g/mol. The van der Waals surface area contributed by atoms with Crippen molar-refractivity contribution >= 4 is 49.2 Å². The van der Waals surface area contributed by atoms with Gasteiger partial charge >= 0.3 is 0 Å².